The summed E-state index contributed by atoms with van der Waals surface area (Å²) in [6, 6.07) is 13.0. The van der Waals surface area contributed by atoms with Gasteiger partial charge in [-0.05, 0) is 50.1 Å². The molecule has 1 saturated heterocycles. The third-order valence-corrected chi connectivity index (χ3v) is 5.42. The molecule has 0 radical (unpaired) electrons. The average Bonchev–Trinajstić information content (AvgIpc) is 3.52. The number of anilines is 1. The summed E-state index contributed by atoms with van der Waals surface area (Å²) in [6.45, 7) is 4.62. The van der Waals surface area contributed by atoms with Gasteiger partial charge in [-0.3, -0.25) is 0 Å². The standard InChI is InChI=1S/C21H28N4/c1-2-5-17(6-3-1)10-12-25-11-4-7-18(15-25)14-22-21-13-20(19-8-9-19)23-16-24-21/h1-3,5-6,13,16,18-19H,4,7-12,14-15H2,(H,22,23,24)/t18-/m0/s1. The maximum Gasteiger partial charge on any atom is 0.129 e. The summed E-state index contributed by atoms with van der Waals surface area (Å²) in [5.41, 5.74) is 2.65. The highest BCUT2D eigenvalue weighted by Crippen LogP contribution is 2.39. The Hall–Kier alpha value is -1.94. The summed E-state index contributed by atoms with van der Waals surface area (Å²) in [7, 11) is 0. The van der Waals surface area contributed by atoms with Gasteiger partial charge in [-0.25, -0.2) is 9.97 Å². The van der Waals surface area contributed by atoms with E-state index in [2.05, 4.69) is 56.6 Å². The number of nitrogens with one attached hydrogen (secondary N) is 1. The number of rotatable bonds is 7. The lowest BCUT2D eigenvalue weighted by Gasteiger charge is -2.33. The number of aromatic nitrogens is 2. The van der Waals surface area contributed by atoms with Crippen LogP contribution in [-0.4, -0.2) is 41.0 Å². The maximum atomic E-state index is 4.40. The van der Waals surface area contributed by atoms with E-state index in [1.54, 1.807) is 6.33 Å². The predicted molar refractivity (Wildman–Crippen MR) is 102 cm³/mol. The van der Waals surface area contributed by atoms with Crippen molar-refractivity contribution in [1.82, 2.24) is 14.9 Å². The van der Waals surface area contributed by atoms with Crippen LogP contribution in [0.1, 0.15) is 42.9 Å². The molecule has 0 spiro atoms. The molecule has 0 unspecified atom stereocenters. The zero-order valence-corrected chi connectivity index (χ0v) is 14.9. The Kier molecular flexibility index (Phi) is 5.26. The fourth-order valence-corrected chi connectivity index (χ4v) is 3.77. The molecule has 1 N–H and O–H groups in total. The Morgan fingerprint density at radius 1 is 1.08 bits per heavy atom. The summed E-state index contributed by atoms with van der Waals surface area (Å²) in [4.78, 5) is 11.4. The van der Waals surface area contributed by atoms with Crippen LogP contribution in [0.15, 0.2) is 42.7 Å². The Morgan fingerprint density at radius 2 is 1.96 bits per heavy atom. The Labute approximate surface area is 150 Å². The van der Waals surface area contributed by atoms with Crippen LogP contribution in [0.2, 0.25) is 0 Å². The molecule has 1 aromatic heterocycles. The van der Waals surface area contributed by atoms with Gasteiger partial charge in [0.1, 0.15) is 12.1 Å². The highest BCUT2D eigenvalue weighted by atomic mass is 15.1. The minimum Gasteiger partial charge on any atom is -0.370 e. The SMILES string of the molecule is c1ccc(CCN2CCC[C@@H](CNc3cc(C4CC4)ncn3)C2)cc1. The van der Waals surface area contributed by atoms with Crippen molar-refractivity contribution < 1.29 is 0 Å². The van der Waals surface area contributed by atoms with Crippen LogP contribution < -0.4 is 5.32 Å². The number of benzene rings is 1. The number of hydrogen-bond acceptors (Lipinski definition) is 4. The van der Waals surface area contributed by atoms with Gasteiger partial charge in [0.25, 0.3) is 0 Å². The number of piperidine rings is 1. The fourth-order valence-electron chi connectivity index (χ4n) is 3.77. The molecule has 1 saturated carbocycles. The van der Waals surface area contributed by atoms with Crippen molar-refractivity contribution in [3.8, 4) is 0 Å². The number of hydrogen-bond donors (Lipinski definition) is 1. The lowest BCUT2D eigenvalue weighted by atomic mass is 9.97. The van der Waals surface area contributed by atoms with Gasteiger partial charge in [-0.2, -0.15) is 0 Å². The second-order valence-corrected chi connectivity index (χ2v) is 7.53. The predicted octanol–water partition coefficient (Wildman–Crippen LogP) is 3.72. The molecule has 132 valence electrons. The number of likely N-dealkylation sites (tertiary alicyclic amines) is 1. The summed E-state index contributed by atoms with van der Waals surface area (Å²) in [6.07, 6.45) is 8.05. The smallest absolute Gasteiger partial charge is 0.129 e. The first-order valence-electron chi connectivity index (χ1n) is 9.69. The van der Waals surface area contributed by atoms with E-state index >= 15 is 0 Å². The zero-order valence-electron chi connectivity index (χ0n) is 14.9. The van der Waals surface area contributed by atoms with E-state index in [-0.39, 0.29) is 0 Å². The highest BCUT2D eigenvalue weighted by Gasteiger charge is 2.25. The van der Waals surface area contributed by atoms with Crippen molar-refractivity contribution in [2.45, 2.75) is 38.0 Å². The molecule has 1 aromatic carbocycles. The van der Waals surface area contributed by atoms with Gasteiger partial charge in [0.05, 0.1) is 0 Å². The van der Waals surface area contributed by atoms with Gasteiger partial charge in [-0.1, -0.05) is 30.3 Å². The third-order valence-electron chi connectivity index (χ3n) is 5.42. The van der Waals surface area contributed by atoms with Crippen molar-refractivity contribution in [3.05, 3.63) is 54.0 Å². The summed E-state index contributed by atoms with van der Waals surface area (Å²) >= 11 is 0. The minimum absolute atomic E-state index is 0.687. The molecule has 0 amide bonds. The van der Waals surface area contributed by atoms with Crippen molar-refractivity contribution in [2.75, 3.05) is 31.5 Å². The quantitative estimate of drug-likeness (QED) is 0.837. The molecule has 1 aliphatic carbocycles. The lowest BCUT2D eigenvalue weighted by Crippen LogP contribution is -2.39. The van der Waals surface area contributed by atoms with Crippen molar-refractivity contribution in [1.29, 1.82) is 0 Å². The molecule has 2 aromatic rings. The monoisotopic (exact) mass is 336 g/mol. The third kappa shape index (κ3) is 4.79. The molecule has 2 aliphatic rings. The first-order valence-corrected chi connectivity index (χ1v) is 9.69. The Morgan fingerprint density at radius 3 is 2.80 bits per heavy atom. The summed E-state index contributed by atoms with van der Waals surface area (Å²) < 4.78 is 0. The molecular weight excluding hydrogens is 308 g/mol. The molecule has 2 heterocycles. The topological polar surface area (TPSA) is 41.0 Å². The lowest BCUT2D eigenvalue weighted by molar-refractivity contribution is 0.182. The molecule has 4 nitrogen and oxygen atoms in total. The molecule has 1 aliphatic heterocycles. The van der Waals surface area contributed by atoms with E-state index < -0.39 is 0 Å². The maximum absolute atomic E-state index is 4.40. The van der Waals surface area contributed by atoms with E-state index in [1.807, 2.05) is 0 Å². The molecule has 25 heavy (non-hydrogen) atoms. The first-order chi connectivity index (χ1) is 12.4. The Bertz CT molecular complexity index is 669. The van der Waals surface area contributed by atoms with Crippen LogP contribution in [0.25, 0.3) is 0 Å². The van der Waals surface area contributed by atoms with Crippen molar-refractivity contribution in [2.24, 2.45) is 5.92 Å². The van der Waals surface area contributed by atoms with E-state index in [0.717, 1.165) is 18.8 Å². The van der Waals surface area contributed by atoms with Crippen LogP contribution in [-0.2, 0) is 6.42 Å². The van der Waals surface area contributed by atoms with Crippen LogP contribution in [0.4, 0.5) is 5.82 Å². The van der Waals surface area contributed by atoms with Crippen LogP contribution >= 0.6 is 0 Å². The van der Waals surface area contributed by atoms with Crippen molar-refractivity contribution >= 4 is 5.82 Å². The van der Waals surface area contributed by atoms with Gasteiger partial charge in [0.15, 0.2) is 0 Å². The van der Waals surface area contributed by atoms with Gasteiger partial charge >= 0.3 is 0 Å². The highest BCUT2D eigenvalue weighted by molar-refractivity contribution is 5.36. The molecule has 2 fully saturated rings. The Balaban J connectivity index is 1.24. The van der Waals surface area contributed by atoms with E-state index in [9.17, 15) is 0 Å². The minimum atomic E-state index is 0.687. The molecular formula is C21H28N4. The first kappa shape index (κ1) is 16.5. The van der Waals surface area contributed by atoms with Crippen molar-refractivity contribution in [3.63, 3.8) is 0 Å². The average molecular weight is 336 g/mol. The van der Waals surface area contributed by atoms with E-state index in [0.29, 0.717) is 11.8 Å². The fraction of sp³-hybridized carbons (Fsp3) is 0.524. The van der Waals surface area contributed by atoms with Gasteiger partial charge in [-0.15, -0.1) is 0 Å². The van der Waals surface area contributed by atoms with E-state index in [1.165, 1.54) is 56.6 Å². The molecule has 4 heteroatoms. The van der Waals surface area contributed by atoms with Crippen LogP contribution in [0.5, 0.6) is 0 Å². The second kappa shape index (κ2) is 7.96. The van der Waals surface area contributed by atoms with Gasteiger partial charge < -0.3 is 10.2 Å². The summed E-state index contributed by atoms with van der Waals surface area (Å²) in [5.74, 6) is 2.40. The normalized spacial score (nSPS) is 21.2. The largest absolute Gasteiger partial charge is 0.370 e. The number of nitrogens with zero attached hydrogens (tertiary/aromatic N) is 3. The zero-order chi connectivity index (χ0) is 16.9. The second-order valence-electron chi connectivity index (χ2n) is 7.53. The van der Waals surface area contributed by atoms with Crippen LogP contribution in [0.3, 0.4) is 0 Å². The summed E-state index contributed by atoms with van der Waals surface area (Å²) in [5, 5.41) is 3.55. The molecule has 1 atom stereocenters. The van der Waals surface area contributed by atoms with Gasteiger partial charge in [0.2, 0.25) is 0 Å². The van der Waals surface area contributed by atoms with Gasteiger partial charge in [0, 0.05) is 37.3 Å². The molecule has 4 rings (SSSR count). The molecule has 0 bridgehead atoms. The van der Waals surface area contributed by atoms with E-state index in [4.69, 9.17) is 0 Å². The van der Waals surface area contributed by atoms with Crippen LogP contribution in [0, 0.1) is 5.92 Å².